The molecule has 16 heavy (non-hydrogen) atoms. The highest BCUT2D eigenvalue weighted by molar-refractivity contribution is 5.30. The van der Waals surface area contributed by atoms with E-state index in [2.05, 4.69) is 42.2 Å². The van der Waals surface area contributed by atoms with Crippen molar-refractivity contribution in [1.82, 2.24) is 4.90 Å². The van der Waals surface area contributed by atoms with Crippen LogP contribution in [0.5, 0.6) is 0 Å². The van der Waals surface area contributed by atoms with Gasteiger partial charge >= 0.3 is 0 Å². The number of likely N-dealkylation sites (tertiary alicyclic amines) is 1. The van der Waals surface area contributed by atoms with Gasteiger partial charge in [-0.15, -0.1) is 0 Å². The standard InChI is InChI=1S/C15H22N/c1-2-3-12-16-13-8-7-11-15(16)14-9-5-4-6-10-14/h4-6,9-10H,2-3,7-8,11-13H2,1H3. The molecule has 1 heteroatoms. The van der Waals surface area contributed by atoms with Crippen molar-refractivity contribution in [2.75, 3.05) is 13.1 Å². The zero-order valence-corrected chi connectivity index (χ0v) is 10.3. The van der Waals surface area contributed by atoms with Crippen LogP contribution in [-0.2, 0) is 0 Å². The van der Waals surface area contributed by atoms with Crippen LogP contribution in [0, 0.1) is 6.04 Å². The van der Waals surface area contributed by atoms with Gasteiger partial charge in [-0.25, -0.2) is 0 Å². The van der Waals surface area contributed by atoms with Gasteiger partial charge in [-0.3, -0.25) is 4.90 Å². The van der Waals surface area contributed by atoms with E-state index in [1.165, 1.54) is 50.8 Å². The lowest BCUT2D eigenvalue weighted by Gasteiger charge is -2.35. The highest BCUT2D eigenvalue weighted by atomic mass is 15.2. The summed E-state index contributed by atoms with van der Waals surface area (Å²) in [7, 11) is 0. The highest BCUT2D eigenvalue weighted by Crippen LogP contribution is 2.29. The van der Waals surface area contributed by atoms with Gasteiger partial charge in [-0.2, -0.15) is 0 Å². The second kappa shape index (κ2) is 6.05. The second-order valence-electron chi connectivity index (χ2n) is 4.61. The third-order valence-electron chi connectivity index (χ3n) is 3.36. The zero-order chi connectivity index (χ0) is 11.2. The Morgan fingerprint density at radius 2 is 1.94 bits per heavy atom. The van der Waals surface area contributed by atoms with Crippen LogP contribution < -0.4 is 0 Å². The summed E-state index contributed by atoms with van der Waals surface area (Å²) in [5.41, 5.74) is 1.43. The van der Waals surface area contributed by atoms with Gasteiger partial charge in [0.2, 0.25) is 0 Å². The molecule has 0 aliphatic carbocycles. The van der Waals surface area contributed by atoms with Gasteiger partial charge in [-0.05, 0) is 44.3 Å². The van der Waals surface area contributed by atoms with Crippen molar-refractivity contribution in [2.45, 2.75) is 39.0 Å². The Morgan fingerprint density at radius 3 is 2.69 bits per heavy atom. The van der Waals surface area contributed by atoms with Crippen molar-refractivity contribution in [3.05, 3.63) is 41.9 Å². The Balaban J connectivity index is 2.04. The molecule has 0 aromatic heterocycles. The molecule has 0 atom stereocenters. The van der Waals surface area contributed by atoms with Crippen molar-refractivity contribution >= 4 is 0 Å². The van der Waals surface area contributed by atoms with Crippen LogP contribution in [0.25, 0.3) is 0 Å². The van der Waals surface area contributed by atoms with Crippen LogP contribution in [0.2, 0.25) is 0 Å². The Hall–Kier alpha value is -0.820. The van der Waals surface area contributed by atoms with E-state index in [1.54, 1.807) is 6.04 Å². The molecule has 87 valence electrons. The molecule has 0 bridgehead atoms. The first-order valence-corrected chi connectivity index (χ1v) is 6.58. The molecular weight excluding hydrogens is 194 g/mol. The molecule has 0 unspecified atom stereocenters. The number of rotatable bonds is 4. The first-order valence-electron chi connectivity index (χ1n) is 6.58. The molecule has 1 saturated heterocycles. The second-order valence-corrected chi connectivity index (χ2v) is 4.61. The monoisotopic (exact) mass is 216 g/mol. The van der Waals surface area contributed by atoms with E-state index in [4.69, 9.17) is 0 Å². The van der Waals surface area contributed by atoms with Gasteiger partial charge in [0.05, 0.1) is 6.04 Å². The molecule has 1 aliphatic rings. The lowest BCUT2D eigenvalue weighted by atomic mass is 9.95. The first kappa shape index (κ1) is 11.7. The summed E-state index contributed by atoms with van der Waals surface area (Å²) in [5.74, 6) is 0. The van der Waals surface area contributed by atoms with Gasteiger partial charge in [-0.1, -0.05) is 43.7 Å². The smallest absolute Gasteiger partial charge is 0.0688 e. The molecular formula is C15H22N. The van der Waals surface area contributed by atoms with Crippen molar-refractivity contribution in [3.8, 4) is 0 Å². The van der Waals surface area contributed by atoms with Crippen LogP contribution in [0.3, 0.4) is 0 Å². The highest BCUT2D eigenvalue weighted by Gasteiger charge is 2.23. The minimum absolute atomic E-state index is 1.24. The maximum absolute atomic E-state index is 2.60. The van der Waals surface area contributed by atoms with Gasteiger partial charge in [0.15, 0.2) is 0 Å². The number of unbranched alkanes of at least 4 members (excludes halogenated alkanes) is 1. The van der Waals surface area contributed by atoms with Crippen molar-refractivity contribution in [3.63, 3.8) is 0 Å². The fraction of sp³-hybridized carbons (Fsp3) is 0.533. The summed E-state index contributed by atoms with van der Waals surface area (Å²) in [6.07, 6.45) is 6.58. The van der Waals surface area contributed by atoms with E-state index in [9.17, 15) is 0 Å². The van der Waals surface area contributed by atoms with Gasteiger partial charge in [0.25, 0.3) is 0 Å². The van der Waals surface area contributed by atoms with Crippen molar-refractivity contribution in [1.29, 1.82) is 0 Å². The summed E-state index contributed by atoms with van der Waals surface area (Å²) in [6, 6.07) is 12.5. The third-order valence-corrected chi connectivity index (χ3v) is 3.36. The topological polar surface area (TPSA) is 3.24 Å². The average molecular weight is 216 g/mol. The largest absolute Gasteiger partial charge is 0.292 e. The Bertz CT molecular complexity index is 294. The van der Waals surface area contributed by atoms with Crippen LogP contribution in [-0.4, -0.2) is 18.0 Å². The lowest BCUT2D eigenvalue weighted by molar-refractivity contribution is 0.242. The summed E-state index contributed by atoms with van der Waals surface area (Å²) < 4.78 is 0. The van der Waals surface area contributed by atoms with Crippen molar-refractivity contribution < 1.29 is 0 Å². The summed E-state index contributed by atoms with van der Waals surface area (Å²) in [4.78, 5) is 2.60. The predicted octanol–water partition coefficient (Wildman–Crippen LogP) is 3.85. The molecule has 0 spiro atoms. The Kier molecular flexibility index (Phi) is 4.41. The molecule has 1 aromatic rings. The maximum atomic E-state index is 2.60. The summed E-state index contributed by atoms with van der Waals surface area (Å²) in [5, 5.41) is 0. The number of benzene rings is 1. The summed E-state index contributed by atoms with van der Waals surface area (Å²) >= 11 is 0. The maximum Gasteiger partial charge on any atom is 0.0688 e. The number of piperidine rings is 1. The minimum Gasteiger partial charge on any atom is -0.292 e. The molecule has 0 amide bonds. The van der Waals surface area contributed by atoms with Gasteiger partial charge in [0.1, 0.15) is 0 Å². The van der Waals surface area contributed by atoms with E-state index in [0.29, 0.717) is 0 Å². The van der Waals surface area contributed by atoms with Crippen LogP contribution in [0.4, 0.5) is 0 Å². The van der Waals surface area contributed by atoms with E-state index >= 15 is 0 Å². The molecule has 0 saturated carbocycles. The molecule has 1 aromatic carbocycles. The molecule has 1 aliphatic heterocycles. The average Bonchev–Trinajstić information content (AvgIpc) is 2.38. The third kappa shape index (κ3) is 2.85. The van der Waals surface area contributed by atoms with Crippen molar-refractivity contribution in [2.24, 2.45) is 0 Å². The number of hydrogen-bond donors (Lipinski definition) is 0. The predicted molar refractivity (Wildman–Crippen MR) is 69.1 cm³/mol. The van der Waals surface area contributed by atoms with E-state index in [-0.39, 0.29) is 0 Å². The van der Waals surface area contributed by atoms with Gasteiger partial charge < -0.3 is 0 Å². The fourth-order valence-corrected chi connectivity index (χ4v) is 2.44. The minimum atomic E-state index is 1.24. The lowest BCUT2D eigenvalue weighted by Crippen LogP contribution is -2.34. The molecule has 1 radical (unpaired) electrons. The van der Waals surface area contributed by atoms with E-state index in [0.717, 1.165) is 0 Å². The fourth-order valence-electron chi connectivity index (χ4n) is 2.44. The van der Waals surface area contributed by atoms with Crippen LogP contribution in [0.15, 0.2) is 30.3 Å². The van der Waals surface area contributed by atoms with Crippen LogP contribution in [0.1, 0.15) is 44.6 Å². The normalized spacial score (nSPS) is 18.8. The number of nitrogens with zero attached hydrogens (tertiary/aromatic N) is 1. The summed E-state index contributed by atoms with van der Waals surface area (Å²) in [6.45, 7) is 4.76. The molecule has 1 fully saturated rings. The zero-order valence-electron chi connectivity index (χ0n) is 10.3. The number of hydrogen-bond acceptors (Lipinski definition) is 1. The SMILES string of the molecule is CCCCN1CCCC[C]1c1ccccc1. The quantitative estimate of drug-likeness (QED) is 0.739. The molecule has 2 rings (SSSR count). The van der Waals surface area contributed by atoms with E-state index in [1.807, 2.05) is 0 Å². The molecule has 1 nitrogen and oxygen atoms in total. The first-order chi connectivity index (χ1) is 7.92. The molecule has 0 N–H and O–H groups in total. The Morgan fingerprint density at radius 1 is 1.12 bits per heavy atom. The van der Waals surface area contributed by atoms with E-state index < -0.39 is 0 Å². The Labute approximate surface area is 99.5 Å². The van der Waals surface area contributed by atoms with Crippen LogP contribution >= 0.6 is 0 Å². The van der Waals surface area contributed by atoms with Gasteiger partial charge in [0, 0.05) is 0 Å². The molecule has 1 heterocycles.